The fourth-order valence-corrected chi connectivity index (χ4v) is 3.02. The summed E-state index contributed by atoms with van der Waals surface area (Å²) in [6.07, 6.45) is 8.41. The number of hydrogen-bond donors (Lipinski definition) is 2. The maximum Gasteiger partial charge on any atom is 3.00 e. The van der Waals surface area contributed by atoms with Crippen molar-refractivity contribution in [2.24, 2.45) is 0 Å². The Bertz CT molecular complexity index is 884. The molecule has 2 aromatic rings. The minimum absolute atomic E-state index is 0. The molecule has 0 atom stereocenters. The molecule has 10 heteroatoms. The Morgan fingerprint density at radius 3 is 2.43 bits per heavy atom. The first kappa shape index (κ1) is 30.8. The van der Waals surface area contributed by atoms with Gasteiger partial charge in [-0.2, -0.15) is 6.42 Å². The molecular formula is C25H34N7O2Y. The molecule has 0 aliphatic carbocycles. The van der Waals surface area contributed by atoms with Crippen molar-refractivity contribution in [1.82, 2.24) is 30.7 Å². The molecule has 2 aromatic heterocycles. The monoisotopic (exact) mass is 553 g/mol. The van der Waals surface area contributed by atoms with Gasteiger partial charge in [0.1, 0.15) is 0 Å². The number of carbonyl (C=O) groups is 2. The second kappa shape index (κ2) is 18.1. The number of unbranched alkanes of at least 4 members (excludes halogenated alkanes) is 1. The van der Waals surface area contributed by atoms with Gasteiger partial charge in [-0.3, -0.25) is 14.6 Å². The van der Waals surface area contributed by atoms with Gasteiger partial charge in [-0.1, -0.05) is 12.5 Å². The minimum atomic E-state index is -0.177. The molecule has 0 spiro atoms. The summed E-state index contributed by atoms with van der Waals surface area (Å²) in [6.45, 7) is 16.2. The minimum Gasteiger partial charge on any atom is -0.397 e. The average molecular weight is 554 g/mol. The van der Waals surface area contributed by atoms with Crippen LogP contribution in [0, 0.1) is 20.8 Å². The van der Waals surface area contributed by atoms with Gasteiger partial charge in [0.2, 0.25) is 5.91 Å². The predicted molar refractivity (Wildman–Crippen MR) is 135 cm³/mol. The van der Waals surface area contributed by atoms with Crippen molar-refractivity contribution < 1.29 is 42.3 Å². The second-order valence-electron chi connectivity index (χ2n) is 7.42. The number of amides is 2. The largest absolute Gasteiger partial charge is 3.00 e. The molecule has 2 N–H and O–H groups in total. The topological polar surface area (TPSA) is 103 Å². The summed E-state index contributed by atoms with van der Waals surface area (Å²) in [5, 5.41) is 14.2. The van der Waals surface area contributed by atoms with Gasteiger partial charge in [0.05, 0.1) is 0 Å². The first-order valence-corrected chi connectivity index (χ1v) is 11.4. The summed E-state index contributed by atoms with van der Waals surface area (Å²) in [7, 11) is 0. The van der Waals surface area contributed by atoms with Crippen LogP contribution in [0.25, 0.3) is 6.08 Å². The van der Waals surface area contributed by atoms with Crippen molar-refractivity contribution in [3.63, 3.8) is 0 Å². The fraction of sp³-hybridized carbons (Fsp3) is 0.360. The van der Waals surface area contributed by atoms with Gasteiger partial charge in [0.15, 0.2) is 11.5 Å². The standard InChI is InChI=1S/C13H19N5O.C12H15N2O.Y/c1-3-17(4-2)13(19)11-5-6-12(16-15-11)18-9-7-14-8-10-18;1-2-3-9-14-12(15)7-6-11-5-4-8-13-10-11;/h5-6,14H,1-4,7-10H2;4-8,10H,1-3,9H2,(H,14,15);/q-2;-1;+3/b;7-6+;. The summed E-state index contributed by atoms with van der Waals surface area (Å²) in [5.41, 5.74) is 1.26. The summed E-state index contributed by atoms with van der Waals surface area (Å²) in [5.74, 6) is 0.561. The van der Waals surface area contributed by atoms with E-state index in [9.17, 15) is 9.59 Å². The molecule has 2 amide bonds. The van der Waals surface area contributed by atoms with Crippen molar-refractivity contribution in [2.75, 3.05) is 50.7 Å². The molecule has 184 valence electrons. The van der Waals surface area contributed by atoms with E-state index in [1.165, 1.54) is 11.0 Å². The number of aromatic nitrogens is 3. The van der Waals surface area contributed by atoms with Crippen LogP contribution in [0.3, 0.4) is 0 Å². The maximum absolute atomic E-state index is 12.0. The van der Waals surface area contributed by atoms with E-state index in [1.807, 2.05) is 18.2 Å². The van der Waals surface area contributed by atoms with Crippen LogP contribution in [-0.2, 0) is 37.5 Å². The number of nitrogens with zero attached hydrogens (tertiary/aromatic N) is 5. The molecule has 1 aliphatic rings. The van der Waals surface area contributed by atoms with Crippen LogP contribution in [0.5, 0.6) is 0 Å². The third kappa shape index (κ3) is 11.4. The Balaban J connectivity index is 0.000000350. The van der Waals surface area contributed by atoms with Crippen LogP contribution in [0.2, 0.25) is 0 Å². The van der Waals surface area contributed by atoms with Crippen LogP contribution in [-0.4, -0.2) is 77.7 Å². The molecule has 0 bridgehead atoms. The first-order valence-electron chi connectivity index (χ1n) is 11.4. The first-order chi connectivity index (χ1) is 16.6. The van der Waals surface area contributed by atoms with Crippen molar-refractivity contribution in [3.05, 3.63) is 74.8 Å². The van der Waals surface area contributed by atoms with E-state index < -0.39 is 0 Å². The zero-order valence-electron chi connectivity index (χ0n) is 20.2. The van der Waals surface area contributed by atoms with Crippen LogP contribution in [0.15, 0.2) is 42.7 Å². The number of pyridine rings is 1. The Kier molecular flexibility index (Phi) is 15.9. The van der Waals surface area contributed by atoms with E-state index >= 15 is 0 Å². The third-order valence-electron chi connectivity index (χ3n) is 4.98. The number of anilines is 1. The quantitative estimate of drug-likeness (QED) is 0.278. The van der Waals surface area contributed by atoms with E-state index in [0.29, 0.717) is 25.3 Å². The van der Waals surface area contributed by atoms with Gasteiger partial charge >= 0.3 is 32.7 Å². The number of hydrogen-bond acceptors (Lipinski definition) is 7. The normalized spacial score (nSPS) is 12.8. The zero-order chi connectivity index (χ0) is 24.6. The molecule has 0 saturated carbocycles. The Morgan fingerprint density at radius 1 is 1.11 bits per heavy atom. The predicted octanol–water partition coefficient (Wildman–Crippen LogP) is 1.82. The van der Waals surface area contributed by atoms with Crippen molar-refractivity contribution >= 4 is 23.7 Å². The van der Waals surface area contributed by atoms with Gasteiger partial charge in [-0.25, -0.2) is 0 Å². The molecule has 0 unspecified atom stereocenters. The molecule has 1 fully saturated rings. The van der Waals surface area contributed by atoms with E-state index in [1.54, 1.807) is 24.5 Å². The smallest absolute Gasteiger partial charge is 0.397 e. The number of rotatable bonds is 9. The van der Waals surface area contributed by atoms with Crippen LogP contribution >= 0.6 is 0 Å². The summed E-state index contributed by atoms with van der Waals surface area (Å²) in [6, 6.07) is 7.29. The van der Waals surface area contributed by atoms with Crippen molar-refractivity contribution in [2.45, 2.75) is 12.8 Å². The van der Waals surface area contributed by atoms with Crippen LogP contribution in [0.1, 0.15) is 28.9 Å². The number of piperazine rings is 1. The Hall–Kier alpha value is -2.23. The molecule has 3 rings (SSSR count). The number of nitrogens with one attached hydrogen (secondary N) is 2. The molecule has 0 aromatic carbocycles. The Morgan fingerprint density at radius 2 is 1.86 bits per heavy atom. The summed E-state index contributed by atoms with van der Waals surface area (Å²) < 4.78 is 0. The SMILES string of the molecule is [CH2-]CCCNC(=O)/C=C/c1cccnc1.[CH2-]CN(C[CH2-])C(=O)c1ccc(N2CCNCC2)nn1.[Y+3]. The van der Waals surface area contributed by atoms with Gasteiger partial charge in [0, 0.05) is 51.2 Å². The van der Waals surface area contributed by atoms with Gasteiger partial charge in [-0.05, 0) is 29.8 Å². The van der Waals surface area contributed by atoms with Gasteiger partial charge in [0.25, 0.3) is 5.91 Å². The molecular weight excluding hydrogens is 519 g/mol. The van der Waals surface area contributed by atoms with E-state index in [-0.39, 0.29) is 44.5 Å². The van der Waals surface area contributed by atoms with E-state index in [2.05, 4.69) is 51.5 Å². The average Bonchev–Trinajstić information content (AvgIpc) is 2.90. The van der Waals surface area contributed by atoms with Gasteiger partial charge < -0.3 is 41.2 Å². The van der Waals surface area contributed by atoms with Crippen molar-refractivity contribution in [1.29, 1.82) is 0 Å². The maximum atomic E-state index is 12.0. The fourth-order valence-electron chi connectivity index (χ4n) is 3.02. The zero-order valence-corrected chi connectivity index (χ0v) is 23.1. The molecule has 1 saturated heterocycles. The molecule has 3 heterocycles. The van der Waals surface area contributed by atoms with Crippen molar-refractivity contribution in [3.8, 4) is 0 Å². The molecule has 0 radical (unpaired) electrons. The Labute approximate surface area is 234 Å². The molecule has 9 nitrogen and oxygen atoms in total. The second-order valence-corrected chi connectivity index (χ2v) is 7.42. The molecule has 1 aliphatic heterocycles. The van der Waals surface area contributed by atoms with Gasteiger partial charge in [-0.15, -0.1) is 23.3 Å². The third-order valence-corrected chi connectivity index (χ3v) is 4.98. The van der Waals surface area contributed by atoms with E-state index in [4.69, 9.17) is 0 Å². The summed E-state index contributed by atoms with van der Waals surface area (Å²) in [4.78, 5) is 30.9. The van der Waals surface area contributed by atoms with Crippen LogP contribution in [0.4, 0.5) is 5.82 Å². The molecule has 35 heavy (non-hydrogen) atoms. The summed E-state index contributed by atoms with van der Waals surface area (Å²) >= 11 is 0. The number of carbonyl (C=O) groups excluding carboxylic acids is 2. The van der Waals surface area contributed by atoms with Crippen LogP contribution < -0.4 is 15.5 Å². The van der Waals surface area contributed by atoms with E-state index in [0.717, 1.165) is 50.4 Å².